The summed E-state index contributed by atoms with van der Waals surface area (Å²) < 4.78 is 29.8. The summed E-state index contributed by atoms with van der Waals surface area (Å²) in [6, 6.07) is 4.66. The number of aromatic carboxylic acids is 1. The molecule has 7 heteroatoms. The SMILES string of the molecule is C.O=C([O-])c1ccccc1S(=O)(=O)O.[Na+]. The zero-order valence-corrected chi connectivity index (χ0v) is 10.1. The van der Waals surface area contributed by atoms with E-state index in [4.69, 9.17) is 4.55 Å². The summed E-state index contributed by atoms with van der Waals surface area (Å²) in [5, 5.41) is 10.4. The first kappa shape index (κ1) is 17.0. The fourth-order valence-corrected chi connectivity index (χ4v) is 1.54. The van der Waals surface area contributed by atoms with Gasteiger partial charge in [0.05, 0.1) is 5.97 Å². The molecule has 1 rings (SSSR count). The van der Waals surface area contributed by atoms with E-state index in [1.54, 1.807) is 0 Å². The van der Waals surface area contributed by atoms with E-state index in [0.717, 1.165) is 12.1 Å². The average molecular weight is 240 g/mol. The van der Waals surface area contributed by atoms with Gasteiger partial charge < -0.3 is 9.90 Å². The zero-order valence-electron chi connectivity index (χ0n) is 7.30. The van der Waals surface area contributed by atoms with Crippen LogP contribution in [0.2, 0.25) is 0 Å². The van der Waals surface area contributed by atoms with Crippen LogP contribution in [-0.2, 0) is 10.1 Å². The third kappa shape index (κ3) is 4.31. The third-order valence-corrected chi connectivity index (χ3v) is 2.30. The number of carboxylic acid groups (broad SMARTS) is 1. The molecule has 78 valence electrons. The summed E-state index contributed by atoms with van der Waals surface area (Å²) in [4.78, 5) is 9.72. The van der Waals surface area contributed by atoms with Crippen molar-refractivity contribution in [3.05, 3.63) is 29.8 Å². The van der Waals surface area contributed by atoms with Crippen LogP contribution in [0, 0.1) is 0 Å². The normalized spacial score (nSPS) is 9.67. The number of rotatable bonds is 2. The quantitative estimate of drug-likeness (QED) is 0.437. The van der Waals surface area contributed by atoms with Gasteiger partial charge in [-0.1, -0.05) is 25.6 Å². The third-order valence-electron chi connectivity index (χ3n) is 1.38. The summed E-state index contributed by atoms with van der Waals surface area (Å²) >= 11 is 0. The largest absolute Gasteiger partial charge is 1.00 e. The molecule has 1 aromatic carbocycles. The molecule has 0 fully saturated rings. The molecule has 15 heavy (non-hydrogen) atoms. The smallest absolute Gasteiger partial charge is 0.545 e. The standard InChI is InChI=1S/C7H6O5S.CH4.Na/c8-7(9)5-3-1-2-4-6(5)13(10,11)12;;/h1-4H,(H,8,9)(H,10,11,12);1H4;/q;;+1/p-1. The van der Waals surface area contributed by atoms with E-state index in [2.05, 4.69) is 0 Å². The molecule has 1 N–H and O–H groups in total. The van der Waals surface area contributed by atoms with Crippen LogP contribution in [0.1, 0.15) is 17.8 Å². The molecular formula is C8H9NaO5S. The van der Waals surface area contributed by atoms with Gasteiger partial charge in [-0.05, 0) is 6.07 Å². The van der Waals surface area contributed by atoms with Crippen molar-refractivity contribution in [1.29, 1.82) is 0 Å². The maximum absolute atomic E-state index is 10.6. The summed E-state index contributed by atoms with van der Waals surface area (Å²) in [5.41, 5.74) is -0.551. The van der Waals surface area contributed by atoms with Crippen LogP contribution in [0.5, 0.6) is 0 Å². The molecule has 0 spiro atoms. The van der Waals surface area contributed by atoms with E-state index < -0.39 is 26.5 Å². The Morgan fingerprint density at radius 2 is 1.73 bits per heavy atom. The van der Waals surface area contributed by atoms with Gasteiger partial charge in [0.2, 0.25) is 0 Å². The van der Waals surface area contributed by atoms with E-state index in [-0.39, 0.29) is 37.0 Å². The average Bonchev–Trinajstić information content (AvgIpc) is 2.03. The number of benzene rings is 1. The minimum absolute atomic E-state index is 0. The Morgan fingerprint density at radius 3 is 2.07 bits per heavy atom. The molecule has 5 nitrogen and oxygen atoms in total. The number of carbonyl (C=O) groups is 1. The Bertz CT molecular complexity index is 440. The molecular weight excluding hydrogens is 231 g/mol. The van der Waals surface area contributed by atoms with Gasteiger partial charge in [0.1, 0.15) is 4.90 Å². The van der Waals surface area contributed by atoms with Crippen molar-refractivity contribution in [2.75, 3.05) is 0 Å². The van der Waals surface area contributed by atoms with Gasteiger partial charge in [-0.2, -0.15) is 8.42 Å². The Kier molecular flexibility index (Phi) is 7.08. The number of carboxylic acids is 1. The fourth-order valence-electron chi connectivity index (χ4n) is 0.860. The van der Waals surface area contributed by atoms with Crippen LogP contribution in [0.3, 0.4) is 0 Å². The number of hydrogen-bond acceptors (Lipinski definition) is 4. The Labute approximate surface area is 110 Å². The van der Waals surface area contributed by atoms with Crippen LogP contribution >= 0.6 is 0 Å². The van der Waals surface area contributed by atoms with Crippen molar-refractivity contribution in [3.63, 3.8) is 0 Å². The molecule has 0 bridgehead atoms. The van der Waals surface area contributed by atoms with Crippen LogP contribution in [0.25, 0.3) is 0 Å². The van der Waals surface area contributed by atoms with Crippen LogP contribution < -0.4 is 34.7 Å². The van der Waals surface area contributed by atoms with Gasteiger partial charge in [-0.3, -0.25) is 4.55 Å². The minimum Gasteiger partial charge on any atom is -0.545 e. The predicted molar refractivity (Wildman–Crippen MR) is 47.3 cm³/mol. The molecule has 0 aliphatic heterocycles. The molecule has 1 aromatic rings. The predicted octanol–water partition coefficient (Wildman–Crippen LogP) is -3.06. The van der Waals surface area contributed by atoms with Gasteiger partial charge in [-0.15, -0.1) is 0 Å². The summed E-state index contributed by atoms with van der Waals surface area (Å²) in [5.74, 6) is -1.65. The molecule has 0 radical (unpaired) electrons. The minimum atomic E-state index is -4.50. The van der Waals surface area contributed by atoms with E-state index in [0.29, 0.717) is 0 Å². The number of carbonyl (C=O) groups excluding carboxylic acids is 1. The van der Waals surface area contributed by atoms with E-state index in [1.165, 1.54) is 12.1 Å². The van der Waals surface area contributed by atoms with Gasteiger partial charge in [0.25, 0.3) is 10.1 Å². The zero-order chi connectivity index (χ0) is 10.1. The van der Waals surface area contributed by atoms with Crippen LogP contribution in [-0.4, -0.2) is 18.9 Å². The Morgan fingerprint density at radius 1 is 1.27 bits per heavy atom. The first-order valence-corrected chi connectivity index (χ1v) is 4.65. The maximum atomic E-state index is 10.6. The second-order valence-corrected chi connectivity index (χ2v) is 3.65. The fraction of sp³-hybridized carbons (Fsp3) is 0.125. The van der Waals surface area contributed by atoms with E-state index in [1.807, 2.05) is 0 Å². The van der Waals surface area contributed by atoms with Crippen molar-refractivity contribution in [1.82, 2.24) is 0 Å². The molecule has 0 saturated carbocycles. The molecule has 0 aliphatic carbocycles. The molecule has 0 saturated heterocycles. The Balaban J connectivity index is 0. The van der Waals surface area contributed by atoms with E-state index >= 15 is 0 Å². The maximum Gasteiger partial charge on any atom is 1.00 e. The molecule has 0 unspecified atom stereocenters. The molecule has 0 heterocycles. The van der Waals surface area contributed by atoms with Crippen molar-refractivity contribution in [3.8, 4) is 0 Å². The van der Waals surface area contributed by atoms with E-state index in [9.17, 15) is 18.3 Å². The first-order valence-electron chi connectivity index (χ1n) is 3.21. The summed E-state index contributed by atoms with van der Waals surface area (Å²) in [7, 11) is -4.50. The van der Waals surface area contributed by atoms with Crippen molar-refractivity contribution >= 4 is 16.1 Å². The van der Waals surface area contributed by atoms with Crippen molar-refractivity contribution in [2.24, 2.45) is 0 Å². The first-order chi connectivity index (χ1) is 5.93. The molecule has 0 amide bonds. The number of hydrogen-bond donors (Lipinski definition) is 1. The second kappa shape index (κ2) is 6.24. The topological polar surface area (TPSA) is 94.5 Å². The van der Waals surface area contributed by atoms with Gasteiger partial charge >= 0.3 is 29.6 Å². The van der Waals surface area contributed by atoms with Gasteiger partial charge in [-0.25, -0.2) is 0 Å². The van der Waals surface area contributed by atoms with Gasteiger partial charge in [0.15, 0.2) is 0 Å². The summed E-state index contributed by atoms with van der Waals surface area (Å²) in [6.45, 7) is 0. The van der Waals surface area contributed by atoms with Crippen molar-refractivity contribution < 1.29 is 52.4 Å². The molecule has 0 aromatic heterocycles. The monoisotopic (exact) mass is 240 g/mol. The van der Waals surface area contributed by atoms with Crippen LogP contribution in [0.15, 0.2) is 29.2 Å². The van der Waals surface area contributed by atoms with Crippen molar-refractivity contribution in [2.45, 2.75) is 12.3 Å². The Hall–Kier alpha value is -0.400. The molecule has 0 aliphatic rings. The summed E-state index contributed by atoms with van der Waals surface area (Å²) in [6.07, 6.45) is 0. The second-order valence-electron chi connectivity index (χ2n) is 2.26. The molecule has 0 atom stereocenters. The van der Waals surface area contributed by atoms with Gasteiger partial charge in [0, 0.05) is 5.56 Å². The van der Waals surface area contributed by atoms with Crippen LogP contribution in [0.4, 0.5) is 0 Å².